The third kappa shape index (κ3) is 3.09. The Balaban J connectivity index is 1.91. The maximum absolute atomic E-state index is 6.55. The van der Waals surface area contributed by atoms with E-state index < -0.39 is 0 Å². The van der Waals surface area contributed by atoms with Crippen LogP contribution in [0.1, 0.15) is 49.8 Å². The van der Waals surface area contributed by atoms with Gasteiger partial charge in [-0.05, 0) is 52.4 Å². The van der Waals surface area contributed by atoms with E-state index in [1.807, 2.05) is 0 Å². The van der Waals surface area contributed by atoms with Gasteiger partial charge in [-0.25, -0.2) is 0 Å². The van der Waals surface area contributed by atoms with Gasteiger partial charge in [0.25, 0.3) is 0 Å². The lowest BCUT2D eigenvalue weighted by Crippen LogP contribution is -2.44. The Kier molecular flexibility index (Phi) is 4.23. The predicted molar refractivity (Wildman–Crippen MR) is 86.9 cm³/mol. The van der Waals surface area contributed by atoms with Crippen LogP contribution in [0.25, 0.3) is 0 Å². The van der Waals surface area contributed by atoms with Gasteiger partial charge in [0.15, 0.2) is 0 Å². The summed E-state index contributed by atoms with van der Waals surface area (Å²) in [5.41, 5.74) is 2.69. The van der Waals surface area contributed by atoms with Gasteiger partial charge in [0, 0.05) is 24.6 Å². The summed E-state index contributed by atoms with van der Waals surface area (Å²) in [5, 5.41) is 3.68. The molecule has 0 saturated carbocycles. The molecule has 1 spiro atoms. The fourth-order valence-electron chi connectivity index (χ4n) is 3.83. The Labute approximate surface area is 128 Å². The van der Waals surface area contributed by atoms with Crippen molar-refractivity contribution < 1.29 is 4.74 Å². The van der Waals surface area contributed by atoms with Gasteiger partial charge in [0.1, 0.15) is 11.4 Å². The van der Waals surface area contributed by atoms with Crippen molar-refractivity contribution in [2.24, 2.45) is 0 Å². The van der Waals surface area contributed by atoms with Gasteiger partial charge in [0.2, 0.25) is 0 Å². The lowest BCUT2D eigenvalue weighted by molar-refractivity contribution is 0.0173. The van der Waals surface area contributed by atoms with Crippen LogP contribution in [0.4, 0.5) is 0 Å². The zero-order valence-corrected chi connectivity index (χ0v) is 13.6. The van der Waals surface area contributed by atoms with Gasteiger partial charge < -0.3 is 15.0 Å². The zero-order chi connectivity index (χ0) is 14.9. The van der Waals surface area contributed by atoms with Gasteiger partial charge in [-0.2, -0.15) is 0 Å². The smallest absolute Gasteiger partial charge is 0.124 e. The van der Waals surface area contributed by atoms with Crippen LogP contribution >= 0.6 is 0 Å². The average molecular weight is 288 g/mol. The first-order valence-electron chi connectivity index (χ1n) is 8.33. The maximum Gasteiger partial charge on any atom is 0.124 e. The summed E-state index contributed by atoms with van der Waals surface area (Å²) < 4.78 is 6.55. The van der Waals surface area contributed by atoms with E-state index in [0.717, 1.165) is 31.7 Å². The molecular weight excluding hydrogens is 260 g/mol. The predicted octanol–water partition coefficient (Wildman–Crippen LogP) is 3.28. The van der Waals surface area contributed by atoms with Crippen LogP contribution in [0.5, 0.6) is 5.75 Å². The van der Waals surface area contributed by atoms with E-state index in [4.69, 9.17) is 4.74 Å². The van der Waals surface area contributed by atoms with Crippen LogP contribution in [0.3, 0.4) is 0 Å². The van der Waals surface area contributed by atoms with Gasteiger partial charge in [-0.1, -0.05) is 24.6 Å². The van der Waals surface area contributed by atoms with Crippen molar-refractivity contribution >= 4 is 0 Å². The molecule has 1 saturated heterocycles. The first-order chi connectivity index (χ1) is 10.1. The van der Waals surface area contributed by atoms with Crippen LogP contribution in [0.15, 0.2) is 18.2 Å². The molecule has 3 rings (SSSR count). The van der Waals surface area contributed by atoms with Gasteiger partial charge in [0.05, 0.1) is 0 Å². The second kappa shape index (κ2) is 5.98. The molecule has 0 radical (unpaired) electrons. The monoisotopic (exact) mass is 288 g/mol. The van der Waals surface area contributed by atoms with Crippen molar-refractivity contribution in [3.8, 4) is 5.75 Å². The lowest BCUT2D eigenvalue weighted by atomic mass is 9.82. The molecule has 1 aromatic rings. The van der Waals surface area contributed by atoms with Gasteiger partial charge >= 0.3 is 0 Å². The summed E-state index contributed by atoms with van der Waals surface area (Å²) in [4.78, 5) is 2.44. The first kappa shape index (κ1) is 14.9. The minimum Gasteiger partial charge on any atom is -0.487 e. The highest BCUT2D eigenvalue weighted by atomic mass is 16.5. The van der Waals surface area contributed by atoms with E-state index in [2.05, 4.69) is 49.3 Å². The minimum absolute atomic E-state index is 0.0276. The van der Waals surface area contributed by atoms with Crippen LogP contribution in [-0.4, -0.2) is 37.2 Å². The summed E-state index contributed by atoms with van der Waals surface area (Å²) in [6, 6.07) is 7.06. The van der Waals surface area contributed by atoms with E-state index in [0.29, 0.717) is 6.04 Å². The van der Waals surface area contributed by atoms with E-state index in [1.165, 1.54) is 30.5 Å². The molecule has 0 bridgehead atoms. The van der Waals surface area contributed by atoms with Crippen molar-refractivity contribution in [1.82, 2.24) is 10.2 Å². The second-order valence-corrected chi connectivity index (χ2v) is 6.80. The number of rotatable bonds is 2. The highest BCUT2D eigenvalue weighted by molar-refractivity contribution is 5.41. The number of hydrogen-bond donors (Lipinski definition) is 1. The quantitative estimate of drug-likeness (QED) is 0.904. The Bertz CT molecular complexity index is 502. The second-order valence-electron chi connectivity index (χ2n) is 6.80. The van der Waals surface area contributed by atoms with Crippen molar-refractivity contribution in [2.45, 2.75) is 51.2 Å². The molecule has 2 heterocycles. The Hall–Kier alpha value is -1.06. The first-order valence-corrected chi connectivity index (χ1v) is 8.33. The number of fused-ring (bicyclic) bond motifs is 1. The molecule has 2 aliphatic rings. The van der Waals surface area contributed by atoms with Crippen LogP contribution < -0.4 is 10.1 Å². The van der Waals surface area contributed by atoms with E-state index in [-0.39, 0.29) is 5.60 Å². The summed E-state index contributed by atoms with van der Waals surface area (Å²) >= 11 is 0. The molecule has 2 aliphatic heterocycles. The van der Waals surface area contributed by atoms with Crippen LogP contribution in [0.2, 0.25) is 0 Å². The van der Waals surface area contributed by atoms with E-state index in [9.17, 15) is 0 Å². The molecule has 2 unspecified atom stereocenters. The summed E-state index contributed by atoms with van der Waals surface area (Å²) in [7, 11) is 2.22. The molecule has 0 aromatic heterocycles. The topological polar surface area (TPSA) is 24.5 Å². The third-order valence-corrected chi connectivity index (χ3v) is 5.02. The molecule has 1 fully saturated rings. The Morgan fingerprint density at radius 1 is 1.33 bits per heavy atom. The van der Waals surface area contributed by atoms with Gasteiger partial charge in [-0.3, -0.25) is 0 Å². The fraction of sp³-hybridized carbons (Fsp3) is 0.667. The standard InChI is InChI=1S/C18H28N2O/c1-4-19-16-13-18(8-5-10-20(3)11-9-18)21-17-7-6-14(2)12-15(16)17/h6-7,12,16,19H,4-5,8-11,13H2,1-3H3. The van der Waals surface area contributed by atoms with Crippen molar-refractivity contribution in [3.63, 3.8) is 0 Å². The third-order valence-electron chi connectivity index (χ3n) is 5.02. The molecular formula is C18H28N2O. The normalized spacial score (nSPS) is 29.8. The van der Waals surface area contributed by atoms with E-state index in [1.54, 1.807) is 0 Å². The van der Waals surface area contributed by atoms with Crippen molar-refractivity contribution in [3.05, 3.63) is 29.3 Å². The molecule has 116 valence electrons. The lowest BCUT2D eigenvalue weighted by Gasteiger charge is -2.42. The number of aryl methyl sites for hydroxylation is 1. The summed E-state index contributed by atoms with van der Waals surface area (Å²) in [6.45, 7) is 7.69. The summed E-state index contributed by atoms with van der Waals surface area (Å²) in [6.07, 6.45) is 4.65. The molecule has 0 aliphatic carbocycles. The SMILES string of the molecule is CCNC1CC2(CCCN(C)CC2)Oc2ccc(C)cc21. The highest BCUT2D eigenvalue weighted by Crippen LogP contribution is 2.44. The Morgan fingerprint density at radius 2 is 2.19 bits per heavy atom. The van der Waals surface area contributed by atoms with Crippen LogP contribution in [-0.2, 0) is 0 Å². The fourth-order valence-corrected chi connectivity index (χ4v) is 3.83. The van der Waals surface area contributed by atoms with Gasteiger partial charge in [-0.15, -0.1) is 0 Å². The number of nitrogens with one attached hydrogen (secondary N) is 1. The minimum atomic E-state index is 0.0276. The Morgan fingerprint density at radius 3 is 3.00 bits per heavy atom. The number of benzene rings is 1. The zero-order valence-electron chi connectivity index (χ0n) is 13.6. The molecule has 1 N–H and O–H groups in total. The summed E-state index contributed by atoms with van der Waals surface area (Å²) in [5.74, 6) is 1.10. The number of nitrogens with zero attached hydrogens (tertiary/aromatic N) is 1. The number of hydrogen-bond acceptors (Lipinski definition) is 3. The molecule has 3 heteroatoms. The molecule has 0 amide bonds. The largest absolute Gasteiger partial charge is 0.487 e. The average Bonchev–Trinajstić information content (AvgIpc) is 2.63. The molecule has 2 atom stereocenters. The number of ether oxygens (including phenoxy) is 1. The van der Waals surface area contributed by atoms with Crippen molar-refractivity contribution in [1.29, 1.82) is 0 Å². The van der Waals surface area contributed by atoms with E-state index >= 15 is 0 Å². The molecule has 3 nitrogen and oxygen atoms in total. The highest BCUT2D eigenvalue weighted by Gasteiger charge is 2.41. The van der Waals surface area contributed by atoms with Crippen LogP contribution in [0, 0.1) is 6.92 Å². The van der Waals surface area contributed by atoms with Crippen molar-refractivity contribution in [2.75, 3.05) is 26.7 Å². The maximum atomic E-state index is 6.55. The number of likely N-dealkylation sites (tertiary alicyclic amines) is 1. The molecule has 1 aromatic carbocycles. The molecule has 21 heavy (non-hydrogen) atoms.